The quantitative estimate of drug-likeness (QED) is 0.788. The van der Waals surface area contributed by atoms with Gasteiger partial charge in [0.25, 0.3) is 5.91 Å². The summed E-state index contributed by atoms with van der Waals surface area (Å²) in [5.74, 6) is 0.721. The van der Waals surface area contributed by atoms with E-state index in [9.17, 15) is 4.79 Å². The van der Waals surface area contributed by atoms with Crippen LogP contribution in [-0.4, -0.2) is 41.5 Å². The van der Waals surface area contributed by atoms with E-state index in [0.29, 0.717) is 23.6 Å². The van der Waals surface area contributed by atoms with E-state index in [-0.39, 0.29) is 11.9 Å². The van der Waals surface area contributed by atoms with Crippen LogP contribution in [0.15, 0.2) is 53.1 Å². The van der Waals surface area contributed by atoms with Gasteiger partial charge in [-0.2, -0.15) is 0 Å². The Kier molecular flexibility index (Phi) is 3.78. The molecule has 0 spiro atoms. The van der Waals surface area contributed by atoms with E-state index in [4.69, 9.17) is 4.42 Å². The molecule has 1 unspecified atom stereocenters. The molecular formula is C19H19N3O2. The maximum atomic E-state index is 13.2. The minimum absolute atomic E-state index is 0.0513. The van der Waals surface area contributed by atoms with E-state index in [2.05, 4.69) is 17.2 Å². The van der Waals surface area contributed by atoms with Crippen LogP contribution in [0.25, 0.3) is 22.4 Å². The number of para-hydroxylation sites is 1. The highest BCUT2D eigenvalue weighted by Gasteiger charge is 2.26. The number of piperazine rings is 1. The fourth-order valence-corrected chi connectivity index (χ4v) is 3.20. The molecule has 0 radical (unpaired) electrons. The lowest BCUT2D eigenvalue weighted by molar-refractivity contribution is 0.0658. The van der Waals surface area contributed by atoms with Crippen LogP contribution in [0.2, 0.25) is 0 Å². The van der Waals surface area contributed by atoms with Crippen LogP contribution in [0.5, 0.6) is 0 Å². The van der Waals surface area contributed by atoms with Crippen LogP contribution in [0.1, 0.15) is 17.3 Å². The van der Waals surface area contributed by atoms with Crippen molar-refractivity contribution >= 4 is 16.8 Å². The second kappa shape index (κ2) is 6.09. The lowest BCUT2D eigenvalue weighted by Crippen LogP contribution is -2.52. The minimum atomic E-state index is 0.0513. The van der Waals surface area contributed by atoms with Crippen LogP contribution < -0.4 is 5.32 Å². The van der Waals surface area contributed by atoms with Gasteiger partial charge in [0, 0.05) is 31.1 Å². The van der Waals surface area contributed by atoms with Crippen LogP contribution in [0, 0.1) is 0 Å². The number of fused-ring (bicyclic) bond motifs is 1. The molecule has 0 bridgehead atoms. The Morgan fingerprint density at radius 3 is 2.96 bits per heavy atom. The molecule has 24 heavy (non-hydrogen) atoms. The molecule has 3 aromatic rings. The molecule has 5 heteroatoms. The average molecular weight is 321 g/mol. The van der Waals surface area contributed by atoms with Crippen molar-refractivity contribution < 1.29 is 9.21 Å². The number of pyridine rings is 1. The van der Waals surface area contributed by atoms with Gasteiger partial charge in [0.2, 0.25) is 0 Å². The maximum Gasteiger partial charge on any atom is 0.254 e. The smallest absolute Gasteiger partial charge is 0.254 e. The normalized spacial score (nSPS) is 18.0. The van der Waals surface area contributed by atoms with Crippen LogP contribution in [0.3, 0.4) is 0 Å². The third kappa shape index (κ3) is 2.57. The minimum Gasteiger partial charge on any atom is -0.463 e. The first kappa shape index (κ1) is 14.9. The number of carbonyl (C=O) groups excluding carboxylic acids is 1. The van der Waals surface area contributed by atoms with Gasteiger partial charge in [-0.3, -0.25) is 4.79 Å². The molecule has 1 aliphatic rings. The van der Waals surface area contributed by atoms with Gasteiger partial charge in [-0.25, -0.2) is 4.98 Å². The molecule has 2 aromatic heterocycles. The van der Waals surface area contributed by atoms with Crippen molar-refractivity contribution in [3.05, 3.63) is 54.3 Å². The van der Waals surface area contributed by atoms with Crippen molar-refractivity contribution in [2.75, 3.05) is 19.6 Å². The number of aromatic nitrogens is 1. The Morgan fingerprint density at radius 1 is 1.29 bits per heavy atom. The van der Waals surface area contributed by atoms with Gasteiger partial charge in [0.15, 0.2) is 5.76 Å². The molecule has 1 aliphatic heterocycles. The molecule has 1 saturated heterocycles. The molecule has 0 aliphatic carbocycles. The van der Waals surface area contributed by atoms with Gasteiger partial charge in [0.05, 0.1) is 17.3 Å². The number of hydrogen-bond donors (Lipinski definition) is 1. The van der Waals surface area contributed by atoms with Crippen molar-refractivity contribution in [3.63, 3.8) is 0 Å². The number of nitrogens with one attached hydrogen (secondary N) is 1. The summed E-state index contributed by atoms with van der Waals surface area (Å²) in [6.07, 6.45) is 1.62. The zero-order valence-electron chi connectivity index (χ0n) is 13.5. The van der Waals surface area contributed by atoms with Crippen LogP contribution in [0.4, 0.5) is 0 Å². The second-order valence-electron chi connectivity index (χ2n) is 6.10. The monoisotopic (exact) mass is 321 g/mol. The predicted molar refractivity (Wildman–Crippen MR) is 92.8 cm³/mol. The standard InChI is InChI=1S/C19H19N3O2/c1-13-12-20-8-9-22(13)19(23)15-11-17(18-7-4-10-24-18)21-16-6-3-2-5-14(15)16/h2-7,10-11,13,20H,8-9,12H2,1H3. The first-order valence-electron chi connectivity index (χ1n) is 8.19. The molecule has 0 saturated carbocycles. The number of nitrogens with zero attached hydrogens (tertiary/aromatic N) is 2. The molecule has 1 N–H and O–H groups in total. The second-order valence-corrected chi connectivity index (χ2v) is 6.10. The van der Waals surface area contributed by atoms with Crippen molar-refractivity contribution in [1.82, 2.24) is 15.2 Å². The number of amides is 1. The van der Waals surface area contributed by atoms with E-state index >= 15 is 0 Å². The number of benzene rings is 1. The van der Waals surface area contributed by atoms with Gasteiger partial charge in [-0.05, 0) is 31.2 Å². The van der Waals surface area contributed by atoms with Crippen molar-refractivity contribution in [2.24, 2.45) is 0 Å². The Hall–Kier alpha value is -2.66. The van der Waals surface area contributed by atoms with Gasteiger partial charge in [0.1, 0.15) is 5.69 Å². The van der Waals surface area contributed by atoms with Crippen LogP contribution >= 0.6 is 0 Å². The Bertz CT molecular complexity index is 873. The number of furan rings is 1. The van der Waals surface area contributed by atoms with E-state index < -0.39 is 0 Å². The summed E-state index contributed by atoms with van der Waals surface area (Å²) in [7, 11) is 0. The predicted octanol–water partition coefficient (Wildman–Crippen LogP) is 2.93. The Balaban J connectivity index is 1.85. The topological polar surface area (TPSA) is 58.4 Å². The number of hydrogen-bond acceptors (Lipinski definition) is 4. The highest BCUT2D eigenvalue weighted by molar-refractivity contribution is 6.07. The third-order valence-electron chi connectivity index (χ3n) is 4.48. The fourth-order valence-electron chi connectivity index (χ4n) is 3.20. The summed E-state index contributed by atoms with van der Waals surface area (Å²) in [6, 6.07) is 13.5. The largest absolute Gasteiger partial charge is 0.463 e. The molecule has 1 aromatic carbocycles. The molecular weight excluding hydrogens is 302 g/mol. The highest BCUT2D eigenvalue weighted by atomic mass is 16.3. The molecule has 1 fully saturated rings. The summed E-state index contributed by atoms with van der Waals surface area (Å²) >= 11 is 0. The summed E-state index contributed by atoms with van der Waals surface area (Å²) in [6.45, 7) is 4.43. The zero-order valence-corrected chi connectivity index (χ0v) is 13.5. The van der Waals surface area contributed by atoms with E-state index in [1.165, 1.54) is 0 Å². The first-order chi connectivity index (χ1) is 11.7. The van der Waals surface area contributed by atoms with Crippen molar-refractivity contribution in [3.8, 4) is 11.5 Å². The summed E-state index contributed by atoms with van der Waals surface area (Å²) in [5, 5.41) is 4.20. The molecule has 5 nitrogen and oxygen atoms in total. The molecule has 1 amide bonds. The third-order valence-corrected chi connectivity index (χ3v) is 4.48. The summed E-state index contributed by atoms with van der Waals surface area (Å²) in [5.41, 5.74) is 2.17. The van der Waals surface area contributed by atoms with Gasteiger partial charge < -0.3 is 14.6 Å². The van der Waals surface area contributed by atoms with Gasteiger partial charge in [-0.15, -0.1) is 0 Å². The van der Waals surface area contributed by atoms with Gasteiger partial charge >= 0.3 is 0 Å². The SMILES string of the molecule is CC1CNCCN1C(=O)c1cc(-c2ccco2)nc2ccccc12. The number of carbonyl (C=O) groups is 1. The summed E-state index contributed by atoms with van der Waals surface area (Å²) in [4.78, 5) is 19.8. The first-order valence-corrected chi connectivity index (χ1v) is 8.19. The number of rotatable bonds is 2. The zero-order chi connectivity index (χ0) is 16.5. The lowest BCUT2D eigenvalue weighted by Gasteiger charge is -2.34. The Morgan fingerprint density at radius 2 is 2.17 bits per heavy atom. The lowest BCUT2D eigenvalue weighted by atomic mass is 10.0. The molecule has 122 valence electrons. The van der Waals surface area contributed by atoms with E-state index in [0.717, 1.165) is 24.0 Å². The van der Waals surface area contributed by atoms with E-state index in [1.54, 1.807) is 6.26 Å². The van der Waals surface area contributed by atoms with Crippen molar-refractivity contribution in [1.29, 1.82) is 0 Å². The maximum absolute atomic E-state index is 13.2. The summed E-state index contributed by atoms with van der Waals surface area (Å²) < 4.78 is 5.47. The average Bonchev–Trinajstić information content (AvgIpc) is 3.15. The highest BCUT2D eigenvalue weighted by Crippen LogP contribution is 2.26. The van der Waals surface area contributed by atoms with Crippen molar-refractivity contribution in [2.45, 2.75) is 13.0 Å². The fraction of sp³-hybridized carbons (Fsp3) is 0.263. The molecule has 4 rings (SSSR count). The van der Waals surface area contributed by atoms with Crippen LogP contribution in [-0.2, 0) is 0 Å². The van der Waals surface area contributed by atoms with Gasteiger partial charge in [-0.1, -0.05) is 18.2 Å². The Labute approximate surface area is 140 Å². The molecule has 3 heterocycles. The molecule has 1 atom stereocenters. The van der Waals surface area contributed by atoms with E-state index in [1.807, 2.05) is 47.4 Å².